The predicted molar refractivity (Wildman–Crippen MR) is 126 cm³/mol. The summed E-state index contributed by atoms with van der Waals surface area (Å²) in [4.78, 5) is 4.58. The molecule has 178 valence electrons. The molecule has 9 heteroatoms. The number of hydrogen-bond donors (Lipinski definition) is 1. The third-order valence-corrected chi connectivity index (χ3v) is 5.34. The van der Waals surface area contributed by atoms with Crippen molar-refractivity contribution in [3.05, 3.63) is 36.4 Å². The molecular weight excluding hydrogens is 436 g/mol. The monoisotopic (exact) mass is 468 g/mol. The summed E-state index contributed by atoms with van der Waals surface area (Å²) in [6.07, 6.45) is -0.609. The van der Waals surface area contributed by atoms with Crippen molar-refractivity contribution in [2.75, 3.05) is 72.7 Å². The van der Waals surface area contributed by atoms with Crippen molar-refractivity contribution in [1.29, 1.82) is 0 Å². The number of ether oxygens (including phenoxy) is 5. The summed E-state index contributed by atoms with van der Waals surface area (Å²) in [7, 11) is 6.35. The largest absolute Gasteiger partial charge is 0.497 e. The van der Waals surface area contributed by atoms with Crippen molar-refractivity contribution in [3.8, 4) is 28.7 Å². The molecule has 0 aliphatic carbocycles. The smallest absolute Gasteiger partial charge is 0.203 e. The van der Waals surface area contributed by atoms with Gasteiger partial charge < -0.3 is 33.7 Å². The molecule has 0 aromatic heterocycles. The lowest BCUT2D eigenvalue weighted by atomic mass is 10.2. The lowest BCUT2D eigenvalue weighted by Gasteiger charge is -2.37. The van der Waals surface area contributed by atoms with Gasteiger partial charge >= 0.3 is 0 Å². The van der Waals surface area contributed by atoms with Crippen LogP contribution in [0.1, 0.15) is 0 Å². The summed E-state index contributed by atoms with van der Waals surface area (Å²) in [5.74, 6) is 2.95. The second-order valence-corrected chi connectivity index (χ2v) is 7.32. The first-order chi connectivity index (χ1) is 15.1. The van der Waals surface area contributed by atoms with Crippen LogP contribution in [0.3, 0.4) is 0 Å². The Bertz CT molecular complexity index is 820. The minimum absolute atomic E-state index is 0. The number of β-amino-alcohol motifs (C(OH)–C–C–N with tert-alkyl or cyclic N) is 1. The van der Waals surface area contributed by atoms with Gasteiger partial charge in [-0.3, -0.25) is 4.90 Å². The fourth-order valence-corrected chi connectivity index (χ4v) is 3.68. The van der Waals surface area contributed by atoms with Crippen molar-refractivity contribution < 1.29 is 28.8 Å². The van der Waals surface area contributed by atoms with E-state index in [1.54, 1.807) is 40.6 Å². The third kappa shape index (κ3) is 6.48. The highest BCUT2D eigenvalue weighted by Crippen LogP contribution is 2.40. The molecule has 2 aromatic carbocycles. The molecule has 1 heterocycles. The highest BCUT2D eigenvalue weighted by Gasteiger charge is 2.21. The van der Waals surface area contributed by atoms with Crippen LogP contribution in [0.25, 0.3) is 0 Å². The lowest BCUT2D eigenvalue weighted by molar-refractivity contribution is 0.0661. The Balaban J connectivity index is 0.00000363. The number of rotatable bonds is 10. The number of benzene rings is 2. The Morgan fingerprint density at radius 2 is 1.50 bits per heavy atom. The van der Waals surface area contributed by atoms with Gasteiger partial charge in [-0.2, -0.15) is 0 Å². The minimum Gasteiger partial charge on any atom is -0.497 e. The van der Waals surface area contributed by atoms with Crippen molar-refractivity contribution in [2.45, 2.75) is 6.10 Å². The van der Waals surface area contributed by atoms with E-state index in [0.717, 1.165) is 37.6 Å². The molecule has 0 amide bonds. The summed E-state index contributed by atoms with van der Waals surface area (Å²) < 4.78 is 27.1. The second-order valence-electron chi connectivity index (χ2n) is 7.32. The van der Waals surface area contributed by atoms with Gasteiger partial charge in [0.05, 0.1) is 28.4 Å². The first kappa shape index (κ1) is 25.7. The second kappa shape index (κ2) is 12.5. The van der Waals surface area contributed by atoms with E-state index in [2.05, 4.69) is 21.9 Å². The molecule has 3 rings (SSSR count). The molecule has 0 bridgehead atoms. The van der Waals surface area contributed by atoms with Crippen LogP contribution in [0.5, 0.6) is 28.7 Å². The van der Waals surface area contributed by atoms with Crippen LogP contribution in [0.4, 0.5) is 5.69 Å². The van der Waals surface area contributed by atoms with Crippen LogP contribution in [-0.4, -0.2) is 83.9 Å². The van der Waals surface area contributed by atoms with Gasteiger partial charge in [0.25, 0.3) is 0 Å². The molecule has 0 radical (unpaired) electrons. The van der Waals surface area contributed by atoms with Gasteiger partial charge in [-0.1, -0.05) is 6.07 Å². The maximum atomic E-state index is 10.5. The van der Waals surface area contributed by atoms with Crippen LogP contribution in [0.2, 0.25) is 0 Å². The standard InChI is InChI=1S/C23H32N2O6.ClH/c1-27-19-7-5-6-17(12-19)25-10-8-24(9-11-25)15-18(26)16-31-20-13-21(28-2)23(30-4)22(14-20)29-3;/h5-7,12-14,18,26H,8-11,15-16H2,1-4H3;1H. The number of halogens is 1. The number of anilines is 1. The zero-order valence-electron chi connectivity index (χ0n) is 19.1. The number of hydrogen-bond acceptors (Lipinski definition) is 8. The average molecular weight is 469 g/mol. The van der Waals surface area contributed by atoms with Crippen LogP contribution in [0.15, 0.2) is 36.4 Å². The van der Waals surface area contributed by atoms with E-state index >= 15 is 0 Å². The number of aliphatic hydroxyl groups is 1. The highest BCUT2D eigenvalue weighted by atomic mass is 35.5. The molecule has 1 N–H and O–H groups in total. The van der Waals surface area contributed by atoms with E-state index in [-0.39, 0.29) is 19.0 Å². The predicted octanol–water partition coefficient (Wildman–Crippen LogP) is 2.70. The van der Waals surface area contributed by atoms with Gasteiger partial charge in [0, 0.05) is 56.6 Å². The molecule has 1 unspecified atom stereocenters. The van der Waals surface area contributed by atoms with Crippen LogP contribution < -0.4 is 28.6 Å². The molecule has 1 saturated heterocycles. The van der Waals surface area contributed by atoms with Gasteiger partial charge in [0.15, 0.2) is 11.5 Å². The fourth-order valence-electron chi connectivity index (χ4n) is 3.68. The van der Waals surface area contributed by atoms with Gasteiger partial charge in [0.2, 0.25) is 5.75 Å². The summed E-state index contributed by atoms with van der Waals surface area (Å²) in [6.45, 7) is 4.27. The molecule has 0 spiro atoms. The van der Waals surface area contributed by atoms with E-state index in [1.165, 1.54) is 0 Å². The molecular formula is C23H33ClN2O6. The lowest BCUT2D eigenvalue weighted by Crippen LogP contribution is -2.49. The van der Waals surface area contributed by atoms with Gasteiger partial charge in [-0.05, 0) is 12.1 Å². The van der Waals surface area contributed by atoms with Crippen LogP contribution >= 0.6 is 12.4 Å². The topological polar surface area (TPSA) is 72.9 Å². The first-order valence-electron chi connectivity index (χ1n) is 10.3. The molecule has 2 aromatic rings. The Morgan fingerprint density at radius 1 is 0.844 bits per heavy atom. The molecule has 0 saturated carbocycles. The van der Waals surface area contributed by atoms with E-state index in [4.69, 9.17) is 23.7 Å². The zero-order chi connectivity index (χ0) is 22.2. The van der Waals surface area contributed by atoms with E-state index in [0.29, 0.717) is 29.5 Å². The summed E-state index contributed by atoms with van der Waals surface area (Å²) in [6, 6.07) is 11.5. The summed E-state index contributed by atoms with van der Waals surface area (Å²) in [5, 5.41) is 10.5. The minimum atomic E-state index is -0.609. The quantitative estimate of drug-likeness (QED) is 0.570. The summed E-state index contributed by atoms with van der Waals surface area (Å²) >= 11 is 0. The van der Waals surface area contributed by atoms with Gasteiger partial charge in [-0.25, -0.2) is 0 Å². The SMILES string of the molecule is COc1cccc(N2CCN(CC(O)COc3cc(OC)c(OC)c(OC)c3)CC2)c1.Cl. The highest BCUT2D eigenvalue weighted by molar-refractivity contribution is 5.85. The van der Waals surface area contributed by atoms with Crippen molar-refractivity contribution >= 4 is 18.1 Å². The Kier molecular flexibility index (Phi) is 10.0. The van der Waals surface area contributed by atoms with Gasteiger partial charge in [0.1, 0.15) is 24.2 Å². The first-order valence-corrected chi connectivity index (χ1v) is 10.3. The number of nitrogens with zero attached hydrogens (tertiary/aromatic N) is 2. The maximum absolute atomic E-state index is 10.5. The van der Waals surface area contributed by atoms with E-state index < -0.39 is 6.10 Å². The molecule has 32 heavy (non-hydrogen) atoms. The fraction of sp³-hybridized carbons (Fsp3) is 0.478. The van der Waals surface area contributed by atoms with E-state index in [9.17, 15) is 5.11 Å². The molecule has 1 atom stereocenters. The van der Waals surface area contributed by atoms with E-state index in [1.807, 2.05) is 12.1 Å². The van der Waals surface area contributed by atoms with Crippen LogP contribution in [-0.2, 0) is 0 Å². The molecule has 1 aliphatic rings. The van der Waals surface area contributed by atoms with Crippen LogP contribution in [0, 0.1) is 0 Å². The van der Waals surface area contributed by atoms with Crippen molar-refractivity contribution in [3.63, 3.8) is 0 Å². The normalized spacial score (nSPS) is 14.8. The third-order valence-electron chi connectivity index (χ3n) is 5.34. The number of methoxy groups -OCH3 is 4. The molecule has 1 fully saturated rings. The Labute approximate surface area is 196 Å². The number of piperazine rings is 1. The maximum Gasteiger partial charge on any atom is 0.203 e. The summed E-state index contributed by atoms with van der Waals surface area (Å²) in [5.41, 5.74) is 1.16. The molecule has 1 aliphatic heterocycles. The van der Waals surface area contributed by atoms with Crippen molar-refractivity contribution in [1.82, 2.24) is 4.90 Å². The zero-order valence-corrected chi connectivity index (χ0v) is 19.9. The van der Waals surface area contributed by atoms with Gasteiger partial charge in [-0.15, -0.1) is 12.4 Å². The Morgan fingerprint density at radius 3 is 2.06 bits per heavy atom. The molecule has 8 nitrogen and oxygen atoms in total. The van der Waals surface area contributed by atoms with Crippen molar-refractivity contribution in [2.24, 2.45) is 0 Å². The average Bonchev–Trinajstić information content (AvgIpc) is 2.82. The Hall–Kier alpha value is -2.55. The number of aliphatic hydroxyl groups excluding tert-OH is 1.